The van der Waals surface area contributed by atoms with Gasteiger partial charge in [-0.3, -0.25) is 14.2 Å². The zero-order valence-electron chi connectivity index (χ0n) is 25.9. The maximum Gasteiger partial charge on any atom is 0.280 e. The number of hydrogen-bond donors (Lipinski definition) is 2. The first kappa shape index (κ1) is 33.8. The summed E-state index contributed by atoms with van der Waals surface area (Å²) >= 11 is 3.36. The van der Waals surface area contributed by atoms with Crippen molar-refractivity contribution in [2.75, 3.05) is 31.9 Å². The summed E-state index contributed by atoms with van der Waals surface area (Å²) in [4.78, 5) is 33.1. The van der Waals surface area contributed by atoms with Crippen LogP contribution in [0.15, 0.2) is 99.4 Å². The molecule has 3 N–H and O–H groups in total. The van der Waals surface area contributed by atoms with Gasteiger partial charge in [0.15, 0.2) is 5.69 Å². The van der Waals surface area contributed by atoms with Crippen LogP contribution >= 0.6 is 15.9 Å². The van der Waals surface area contributed by atoms with E-state index in [4.69, 9.17) is 10.5 Å². The highest BCUT2D eigenvalue weighted by molar-refractivity contribution is 9.10. The lowest BCUT2D eigenvalue weighted by Crippen LogP contribution is -2.53. The van der Waals surface area contributed by atoms with Gasteiger partial charge in [-0.05, 0) is 67.3 Å². The van der Waals surface area contributed by atoms with Crippen molar-refractivity contribution in [2.45, 2.75) is 42.2 Å². The first-order chi connectivity index (χ1) is 22.9. The molecule has 252 valence electrons. The highest BCUT2D eigenvalue weighted by Gasteiger charge is 2.43. The molecule has 2 saturated heterocycles. The summed E-state index contributed by atoms with van der Waals surface area (Å²) in [6.07, 6.45) is 2.02. The number of nitrogen functional groups attached to an aromatic ring is 1. The second-order valence-electron chi connectivity index (χ2n) is 12.2. The van der Waals surface area contributed by atoms with E-state index in [9.17, 15) is 27.5 Å². The van der Waals surface area contributed by atoms with Crippen LogP contribution < -0.4 is 16.0 Å². The minimum Gasteiger partial charge on any atom is -0.437 e. The maximum atomic E-state index is 14.0. The minimum atomic E-state index is -3.79. The predicted molar refractivity (Wildman–Crippen MR) is 180 cm³/mol. The molecule has 4 aromatic rings. The average molecular weight is 741 g/mol. The molecule has 3 heterocycles. The van der Waals surface area contributed by atoms with Crippen LogP contribution in [0.2, 0.25) is 0 Å². The molecule has 0 spiro atoms. The summed E-state index contributed by atoms with van der Waals surface area (Å²) in [5.74, 6) is -1.21. The highest BCUT2D eigenvalue weighted by Crippen LogP contribution is 2.37. The number of benzene rings is 3. The Balaban J connectivity index is 1.13. The number of nitrogens with zero attached hydrogens (tertiary/aromatic N) is 4. The number of piperidine rings is 2. The van der Waals surface area contributed by atoms with E-state index in [1.165, 1.54) is 39.5 Å². The molecular formula is C34H35BrFN5O6S. The summed E-state index contributed by atoms with van der Waals surface area (Å²) in [7, 11) is -3.79. The largest absolute Gasteiger partial charge is 0.437 e. The zero-order chi connectivity index (χ0) is 34.1. The molecule has 2 atom stereocenters. The van der Waals surface area contributed by atoms with Gasteiger partial charge in [-0.2, -0.15) is 4.31 Å². The molecule has 0 saturated carbocycles. The number of carbonyl (C=O) groups excluding carboxylic acids is 1. The molecule has 2 aliphatic rings. The van der Waals surface area contributed by atoms with E-state index < -0.39 is 32.9 Å². The van der Waals surface area contributed by atoms with Crippen LogP contribution in [-0.2, 0) is 21.4 Å². The molecule has 1 amide bonds. The number of aliphatic hydroxyl groups is 1. The molecule has 0 unspecified atom stereocenters. The molecule has 48 heavy (non-hydrogen) atoms. The van der Waals surface area contributed by atoms with Crippen molar-refractivity contribution in [3.05, 3.63) is 111 Å². The number of sulfonamides is 1. The molecule has 11 nitrogen and oxygen atoms in total. The highest BCUT2D eigenvalue weighted by atomic mass is 79.9. The van der Waals surface area contributed by atoms with Crippen LogP contribution in [0.5, 0.6) is 11.6 Å². The van der Waals surface area contributed by atoms with Gasteiger partial charge in [-0.1, -0.05) is 52.3 Å². The lowest BCUT2D eigenvalue weighted by molar-refractivity contribution is -0.142. The van der Waals surface area contributed by atoms with Crippen molar-refractivity contribution < 1.29 is 27.4 Å². The summed E-state index contributed by atoms with van der Waals surface area (Å²) in [6, 6.07) is 21.3. The van der Waals surface area contributed by atoms with Crippen LogP contribution in [0.4, 0.5) is 10.1 Å². The SMILES string of the molecule is Nc1c(Oc2ccc(F)cc2)ncn(CC2(O)CCN(C(=O)[C@@H]3CCN(S(=O)(=O)c4cccc(Br)c4)C[C@H]3c3ccccc3)CC2)c1=O. The minimum absolute atomic E-state index is 0.0830. The van der Waals surface area contributed by atoms with Crippen LogP contribution in [0.1, 0.15) is 30.7 Å². The fourth-order valence-corrected chi connectivity index (χ4v) is 8.48. The Hall–Kier alpha value is -4.11. The quantitative estimate of drug-likeness (QED) is 0.271. The van der Waals surface area contributed by atoms with E-state index in [-0.39, 0.29) is 79.6 Å². The molecule has 2 fully saturated rings. The Morgan fingerprint density at radius 2 is 1.75 bits per heavy atom. The van der Waals surface area contributed by atoms with E-state index in [2.05, 4.69) is 20.9 Å². The van der Waals surface area contributed by atoms with Gasteiger partial charge in [0.2, 0.25) is 21.8 Å². The number of amides is 1. The van der Waals surface area contributed by atoms with Crippen molar-refractivity contribution in [1.29, 1.82) is 0 Å². The second-order valence-corrected chi connectivity index (χ2v) is 15.1. The molecule has 6 rings (SSSR count). The van der Waals surface area contributed by atoms with Gasteiger partial charge in [-0.15, -0.1) is 0 Å². The van der Waals surface area contributed by atoms with Gasteiger partial charge in [0, 0.05) is 42.5 Å². The van der Waals surface area contributed by atoms with E-state index in [0.717, 1.165) is 5.56 Å². The number of nitrogens with two attached hydrogens (primary N) is 1. The van der Waals surface area contributed by atoms with E-state index >= 15 is 0 Å². The Labute approximate surface area is 286 Å². The van der Waals surface area contributed by atoms with Crippen LogP contribution in [0.3, 0.4) is 0 Å². The predicted octanol–water partition coefficient (Wildman–Crippen LogP) is 4.37. The number of aromatic nitrogens is 2. The zero-order valence-corrected chi connectivity index (χ0v) is 28.3. The number of likely N-dealkylation sites (tertiary alicyclic amines) is 1. The number of carbonyl (C=O) groups is 1. The van der Waals surface area contributed by atoms with Crippen molar-refractivity contribution in [2.24, 2.45) is 5.92 Å². The van der Waals surface area contributed by atoms with Gasteiger partial charge in [0.05, 0.1) is 17.0 Å². The maximum absolute atomic E-state index is 14.0. The van der Waals surface area contributed by atoms with Gasteiger partial charge in [0.1, 0.15) is 17.9 Å². The van der Waals surface area contributed by atoms with Crippen LogP contribution in [-0.4, -0.2) is 70.0 Å². The van der Waals surface area contributed by atoms with Gasteiger partial charge in [-0.25, -0.2) is 17.8 Å². The topological polar surface area (TPSA) is 148 Å². The normalized spacial score (nSPS) is 19.9. The third-order valence-corrected chi connectivity index (χ3v) is 11.4. The smallest absolute Gasteiger partial charge is 0.280 e. The van der Waals surface area contributed by atoms with E-state index in [1.54, 1.807) is 29.2 Å². The third kappa shape index (κ3) is 7.16. The molecule has 3 aromatic carbocycles. The average Bonchev–Trinajstić information content (AvgIpc) is 3.09. The van der Waals surface area contributed by atoms with Crippen molar-refractivity contribution in [3.8, 4) is 11.6 Å². The molecule has 1 aromatic heterocycles. The van der Waals surface area contributed by atoms with Gasteiger partial charge >= 0.3 is 0 Å². The number of halogens is 2. The van der Waals surface area contributed by atoms with Crippen LogP contribution in [0, 0.1) is 11.7 Å². The van der Waals surface area contributed by atoms with Crippen molar-refractivity contribution in [3.63, 3.8) is 0 Å². The number of rotatable bonds is 8. The van der Waals surface area contributed by atoms with Crippen molar-refractivity contribution in [1.82, 2.24) is 18.8 Å². The molecule has 0 bridgehead atoms. The fourth-order valence-electron chi connectivity index (χ4n) is 6.40. The standard InChI is InChI=1S/C34H35BrFN5O6S/c35-24-7-4-8-27(19-24)48(45,46)41-16-13-28(29(20-41)23-5-2-1-3-6-23)32(42)39-17-14-34(44,15-18-39)21-40-22-38-31(30(37)33(40)43)47-26-11-9-25(36)10-12-26/h1-12,19,22,28-29,44H,13-18,20-21,37H2/t28-,29+/m1/s1. The van der Waals surface area contributed by atoms with Gasteiger partial charge < -0.3 is 20.5 Å². The van der Waals surface area contributed by atoms with E-state index in [1.807, 2.05) is 30.3 Å². The summed E-state index contributed by atoms with van der Waals surface area (Å²) < 4.78 is 49.3. The molecule has 2 aliphatic heterocycles. The van der Waals surface area contributed by atoms with Crippen LogP contribution in [0.25, 0.3) is 0 Å². The Kier molecular flexibility index (Phi) is 9.70. The molecule has 0 radical (unpaired) electrons. The number of hydrogen-bond acceptors (Lipinski definition) is 8. The Morgan fingerprint density at radius 3 is 2.44 bits per heavy atom. The number of anilines is 1. The lowest BCUT2D eigenvalue weighted by Gasteiger charge is -2.43. The van der Waals surface area contributed by atoms with Crippen molar-refractivity contribution >= 4 is 37.5 Å². The Bertz CT molecular complexity index is 1950. The number of ether oxygens (including phenoxy) is 1. The fraction of sp³-hybridized carbons (Fsp3) is 0.324. The second kappa shape index (κ2) is 13.8. The molecule has 14 heteroatoms. The molecular weight excluding hydrogens is 705 g/mol. The molecule has 0 aliphatic carbocycles. The first-order valence-electron chi connectivity index (χ1n) is 15.5. The first-order valence-corrected chi connectivity index (χ1v) is 17.8. The summed E-state index contributed by atoms with van der Waals surface area (Å²) in [5.41, 5.74) is 4.76. The monoisotopic (exact) mass is 739 g/mol. The lowest BCUT2D eigenvalue weighted by atomic mass is 9.80. The Morgan fingerprint density at radius 1 is 1.04 bits per heavy atom. The summed E-state index contributed by atoms with van der Waals surface area (Å²) in [6.45, 7) is 0.795. The van der Waals surface area contributed by atoms with Gasteiger partial charge in [0.25, 0.3) is 5.56 Å². The van der Waals surface area contributed by atoms with E-state index in [0.29, 0.717) is 10.9 Å². The summed E-state index contributed by atoms with van der Waals surface area (Å²) in [5, 5.41) is 11.5. The third-order valence-electron chi connectivity index (χ3n) is 9.09.